The van der Waals surface area contributed by atoms with Gasteiger partial charge in [-0.25, -0.2) is 0 Å². The highest BCUT2D eigenvalue weighted by atomic mass is 16.3. The second kappa shape index (κ2) is 3.80. The van der Waals surface area contributed by atoms with Crippen LogP contribution in [0.1, 0.15) is 20.3 Å². The molecular weight excluding hydrogens is 176 g/mol. The van der Waals surface area contributed by atoms with Crippen LogP contribution >= 0.6 is 0 Å². The summed E-state index contributed by atoms with van der Waals surface area (Å²) in [6.07, 6.45) is 0.889. The van der Waals surface area contributed by atoms with E-state index in [2.05, 4.69) is 10.2 Å². The van der Waals surface area contributed by atoms with Gasteiger partial charge in [0.2, 0.25) is 0 Å². The van der Waals surface area contributed by atoms with E-state index in [0.717, 1.165) is 24.8 Å². The SMILES string of the molecule is CC(C)(O)CCN1C[C@H]2CNC[C@H]2C1. The van der Waals surface area contributed by atoms with Crippen LogP contribution in [0.2, 0.25) is 0 Å². The average molecular weight is 198 g/mol. The predicted octanol–water partition coefficient (Wildman–Crippen LogP) is 0.299. The van der Waals surface area contributed by atoms with E-state index in [9.17, 15) is 5.11 Å². The van der Waals surface area contributed by atoms with Crippen molar-refractivity contribution in [1.82, 2.24) is 10.2 Å². The van der Waals surface area contributed by atoms with Gasteiger partial charge in [0, 0.05) is 19.6 Å². The third kappa shape index (κ3) is 2.47. The predicted molar refractivity (Wildman–Crippen MR) is 57.2 cm³/mol. The molecule has 2 aliphatic rings. The van der Waals surface area contributed by atoms with Gasteiger partial charge in [-0.3, -0.25) is 0 Å². The van der Waals surface area contributed by atoms with E-state index in [1.807, 2.05) is 13.8 Å². The van der Waals surface area contributed by atoms with Gasteiger partial charge in [0.05, 0.1) is 5.60 Å². The van der Waals surface area contributed by atoms with Crippen LogP contribution in [0.25, 0.3) is 0 Å². The highest BCUT2D eigenvalue weighted by molar-refractivity contribution is 4.91. The second-order valence-corrected chi connectivity index (χ2v) is 5.50. The summed E-state index contributed by atoms with van der Waals surface area (Å²) in [6.45, 7) is 9.70. The topological polar surface area (TPSA) is 35.5 Å². The van der Waals surface area contributed by atoms with Crippen molar-refractivity contribution in [2.45, 2.75) is 25.9 Å². The lowest BCUT2D eigenvalue weighted by Crippen LogP contribution is -2.31. The number of hydrogen-bond donors (Lipinski definition) is 2. The lowest BCUT2D eigenvalue weighted by Gasteiger charge is -2.22. The van der Waals surface area contributed by atoms with Crippen molar-refractivity contribution in [3.63, 3.8) is 0 Å². The van der Waals surface area contributed by atoms with Crippen molar-refractivity contribution in [1.29, 1.82) is 0 Å². The van der Waals surface area contributed by atoms with E-state index in [1.54, 1.807) is 0 Å². The lowest BCUT2D eigenvalue weighted by molar-refractivity contribution is 0.0597. The number of likely N-dealkylation sites (tertiary alicyclic amines) is 1. The monoisotopic (exact) mass is 198 g/mol. The molecular formula is C11H22N2O. The highest BCUT2D eigenvalue weighted by Crippen LogP contribution is 2.26. The molecule has 14 heavy (non-hydrogen) atoms. The summed E-state index contributed by atoms with van der Waals surface area (Å²) < 4.78 is 0. The smallest absolute Gasteiger partial charge is 0.0603 e. The lowest BCUT2D eigenvalue weighted by atomic mass is 10.0. The normalized spacial score (nSPS) is 33.6. The molecule has 2 atom stereocenters. The van der Waals surface area contributed by atoms with Crippen LogP contribution in [0.4, 0.5) is 0 Å². The van der Waals surface area contributed by atoms with E-state index in [0.29, 0.717) is 0 Å². The molecule has 0 aromatic carbocycles. The van der Waals surface area contributed by atoms with Crippen LogP contribution in [0.3, 0.4) is 0 Å². The maximum atomic E-state index is 9.64. The Morgan fingerprint density at radius 1 is 1.29 bits per heavy atom. The first-order chi connectivity index (χ1) is 6.54. The minimum atomic E-state index is -0.504. The summed E-state index contributed by atoms with van der Waals surface area (Å²) in [5, 5.41) is 13.1. The number of nitrogens with zero attached hydrogens (tertiary/aromatic N) is 1. The Morgan fingerprint density at radius 2 is 1.86 bits per heavy atom. The fraction of sp³-hybridized carbons (Fsp3) is 1.00. The van der Waals surface area contributed by atoms with Gasteiger partial charge in [-0.05, 0) is 45.2 Å². The minimum absolute atomic E-state index is 0.504. The Labute approximate surface area is 86.5 Å². The Balaban J connectivity index is 1.74. The van der Waals surface area contributed by atoms with E-state index in [4.69, 9.17) is 0 Å². The van der Waals surface area contributed by atoms with Crippen LogP contribution in [0.5, 0.6) is 0 Å². The Bertz CT molecular complexity index is 188. The first-order valence-electron chi connectivity index (χ1n) is 5.70. The Morgan fingerprint density at radius 3 is 2.36 bits per heavy atom. The zero-order valence-corrected chi connectivity index (χ0v) is 9.29. The number of fused-ring (bicyclic) bond motifs is 1. The molecule has 2 saturated heterocycles. The molecule has 2 rings (SSSR count). The summed E-state index contributed by atoms with van der Waals surface area (Å²) in [7, 11) is 0. The van der Waals surface area contributed by atoms with Crippen LogP contribution in [-0.2, 0) is 0 Å². The van der Waals surface area contributed by atoms with Gasteiger partial charge in [0.1, 0.15) is 0 Å². The van der Waals surface area contributed by atoms with Gasteiger partial charge in [-0.15, -0.1) is 0 Å². The summed E-state index contributed by atoms with van der Waals surface area (Å²) in [5.41, 5.74) is -0.504. The van der Waals surface area contributed by atoms with E-state index < -0.39 is 5.60 Å². The van der Waals surface area contributed by atoms with Crippen LogP contribution in [0.15, 0.2) is 0 Å². The molecule has 0 bridgehead atoms. The van der Waals surface area contributed by atoms with Crippen molar-refractivity contribution >= 4 is 0 Å². The molecule has 0 aliphatic carbocycles. The van der Waals surface area contributed by atoms with Gasteiger partial charge >= 0.3 is 0 Å². The molecule has 0 radical (unpaired) electrons. The molecule has 0 amide bonds. The fourth-order valence-corrected chi connectivity index (χ4v) is 2.57. The maximum absolute atomic E-state index is 9.64. The largest absolute Gasteiger partial charge is 0.390 e. The van der Waals surface area contributed by atoms with Gasteiger partial charge in [-0.2, -0.15) is 0 Å². The third-order valence-corrected chi connectivity index (χ3v) is 3.50. The number of nitrogens with one attached hydrogen (secondary N) is 1. The molecule has 0 saturated carbocycles. The number of aliphatic hydroxyl groups is 1. The van der Waals surface area contributed by atoms with E-state index in [-0.39, 0.29) is 0 Å². The molecule has 2 heterocycles. The summed E-state index contributed by atoms with van der Waals surface area (Å²) in [6, 6.07) is 0. The van der Waals surface area contributed by atoms with Crippen molar-refractivity contribution < 1.29 is 5.11 Å². The van der Waals surface area contributed by atoms with Gasteiger partial charge in [-0.1, -0.05) is 0 Å². The van der Waals surface area contributed by atoms with Crippen molar-refractivity contribution in [2.75, 3.05) is 32.7 Å². The molecule has 3 nitrogen and oxygen atoms in total. The first-order valence-corrected chi connectivity index (χ1v) is 5.70. The standard InChI is InChI=1S/C11H22N2O/c1-11(2,14)3-4-13-7-9-5-12-6-10(9)8-13/h9-10,12,14H,3-8H2,1-2H3/t9-,10+. The number of rotatable bonds is 3. The molecule has 0 aromatic rings. The Hall–Kier alpha value is -0.120. The van der Waals surface area contributed by atoms with Crippen molar-refractivity contribution in [3.8, 4) is 0 Å². The van der Waals surface area contributed by atoms with Crippen LogP contribution < -0.4 is 5.32 Å². The summed E-state index contributed by atoms with van der Waals surface area (Å²) in [4.78, 5) is 2.51. The molecule has 0 unspecified atom stereocenters. The minimum Gasteiger partial charge on any atom is -0.390 e. The zero-order valence-electron chi connectivity index (χ0n) is 9.29. The summed E-state index contributed by atoms with van der Waals surface area (Å²) >= 11 is 0. The Kier molecular flexibility index (Phi) is 2.82. The number of hydrogen-bond acceptors (Lipinski definition) is 3. The molecule has 2 aliphatic heterocycles. The van der Waals surface area contributed by atoms with Crippen LogP contribution in [0, 0.1) is 11.8 Å². The second-order valence-electron chi connectivity index (χ2n) is 5.50. The van der Waals surface area contributed by atoms with E-state index >= 15 is 0 Å². The molecule has 82 valence electrons. The zero-order chi connectivity index (χ0) is 10.2. The molecule has 0 spiro atoms. The first kappa shape index (κ1) is 10.4. The molecule has 3 heteroatoms. The fourth-order valence-electron chi connectivity index (χ4n) is 2.57. The van der Waals surface area contributed by atoms with Gasteiger partial charge < -0.3 is 15.3 Å². The summed E-state index contributed by atoms with van der Waals surface area (Å²) in [5.74, 6) is 1.74. The van der Waals surface area contributed by atoms with E-state index in [1.165, 1.54) is 26.2 Å². The molecule has 2 fully saturated rings. The molecule has 2 N–H and O–H groups in total. The average Bonchev–Trinajstić information content (AvgIpc) is 2.56. The van der Waals surface area contributed by atoms with Crippen molar-refractivity contribution in [3.05, 3.63) is 0 Å². The van der Waals surface area contributed by atoms with Gasteiger partial charge in [0.25, 0.3) is 0 Å². The maximum Gasteiger partial charge on any atom is 0.0603 e. The highest BCUT2D eigenvalue weighted by Gasteiger charge is 2.35. The molecule has 0 aromatic heterocycles. The van der Waals surface area contributed by atoms with Gasteiger partial charge in [0.15, 0.2) is 0 Å². The quantitative estimate of drug-likeness (QED) is 0.684. The third-order valence-electron chi connectivity index (χ3n) is 3.50. The van der Waals surface area contributed by atoms with Crippen molar-refractivity contribution in [2.24, 2.45) is 11.8 Å². The van der Waals surface area contributed by atoms with Crippen LogP contribution in [-0.4, -0.2) is 48.3 Å².